The molecule has 1 saturated heterocycles. The first-order valence-electron chi connectivity index (χ1n) is 11.4. The average molecular weight is 536 g/mol. The number of anilines is 3. The lowest BCUT2D eigenvalue weighted by atomic mass is 10.1. The fraction of sp³-hybridized carbons (Fsp3) is 0.269. The van der Waals surface area contributed by atoms with Crippen LogP contribution in [0.25, 0.3) is 10.9 Å². The molecule has 0 radical (unpaired) electrons. The molecule has 2 N–H and O–H groups in total. The number of rotatable bonds is 8. The Morgan fingerprint density at radius 3 is 2.89 bits per heavy atom. The summed E-state index contributed by atoms with van der Waals surface area (Å²) in [7, 11) is 0. The van der Waals surface area contributed by atoms with Crippen LogP contribution in [0, 0.1) is 11.3 Å². The van der Waals surface area contributed by atoms with E-state index < -0.39 is 0 Å². The summed E-state index contributed by atoms with van der Waals surface area (Å²) in [5.41, 5.74) is 2.97. The van der Waals surface area contributed by atoms with Crippen LogP contribution >= 0.6 is 15.9 Å². The van der Waals surface area contributed by atoms with Crippen molar-refractivity contribution in [1.82, 2.24) is 9.88 Å². The van der Waals surface area contributed by atoms with Crippen molar-refractivity contribution in [1.29, 1.82) is 5.26 Å². The molecule has 35 heavy (non-hydrogen) atoms. The first-order valence-corrected chi connectivity index (χ1v) is 12.2. The number of nitrogens with one attached hydrogen (secondary N) is 2. The van der Waals surface area contributed by atoms with Crippen LogP contribution in [0.1, 0.15) is 12.5 Å². The summed E-state index contributed by atoms with van der Waals surface area (Å²) in [6, 6.07) is 13.4. The number of morpholine rings is 1. The van der Waals surface area contributed by atoms with Crippen LogP contribution in [-0.4, -0.2) is 55.2 Å². The first-order chi connectivity index (χ1) is 17.1. The molecule has 2 aromatic carbocycles. The van der Waals surface area contributed by atoms with Crippen molar-refractivity contribution >= 4 is 49.8 Å². The predicted molar refractivity (Wildman–Crippen MR) is 140 cm³/mol. The van der Waals surface area contributed by atoms with E-state index in [4.69, 9.17) is 9.47 Å². The molecule has 0 bridgehead atoms. The first kappa shape index (κ1) is 24.7. The lowest BCUT2D eigenvalue weighted by Gasteiger charge is -2.25. The van der Waals surface area contributed by atoms with Gasteiger partial charge in [-0.25, -0.2) is 0 Å². The van der Waals surface area contributed by atoms with Crippen LogP contribution in [0.15, 0.2) is 59.2 Å². The van der Waals surface area contributed by atoms with E-state index >= 15 is 0 Å². The number of aromatic nitrogens is 1. The van der Waals surface area contributed by atoms with E-state index in [1.807, 2.05) is 37.3 Å². The second-order valence-corrected chi connectivity index (χ2v) is 8.81. The maximum Gasteiger partial charge on any atom is 0.248 e. The molecule has 2 heterocycles. The van der Waals surface area contributed by atoms with E-state index in [1.165, 1.54) is 12.3 Å². The SMILES string of the molecule is CCOc1cc2ncc(C#N)c(Nc3cccc(Br)c3)c2cc1NC(=O)/C=C/CN1CCOCC1. The van der Waals surface area contributed by atoms with E-state index in [0.29, 0.717) is 60.0 Å². The summed E-state index contributed by atoms with van der Waals surface area (Å²) < 4.78 is 12.1. The van der Waals surface area contributed by atoms with Gasteiger partial charge in [-0.05, 0) is 31.2 Å². The Balaban J connectivity index is 1.64. The molecule has 180 valence electrons. The summed E-state index contributed by atoms with van der Waals surface area (Å²) in [6.07, 6.45) is 4.91. The summed E-state index contributed by atoms with van der Waals surface area (Å²) in [4.78, 5) is 19.4. The van der Waals surface area contributed by atoms with Gasteiger partial charge in [-0.15, -0.1) is 0 Å². The highest BCUT2D eigenvalue weighted by atomic mass is 79.9. The van der Waals surface area contributed by atoms with Crippen molar-refractivity contribution in [3.8, 4) is 11.8 Å². The zero-order chi connectivity index (χ0) is 24.6. The molecule has 1 aromatic heterocycles. The van der Waals surface area contributed by atoms with Gasteiger partial charge in [0, 0.05) is 53.5 Å². The van der Waals surface area contributed by atoms with Crippen LogP contribution in [0.4, 0.5) is 17.1 Å². The third-order valence-corrected chi connectivity index (χ3v) is 5.97. The monoisotopic (exact) mass is 535 g/mol. The van der Waals surface area contributed by atoms with Crippen LogP contribution in [0.5, 0.6) is 5.75 Å². The molecule has 4 rings (SSSR count). The van der Waals surface area contributed by atoms with Crippen molar-refractivity contribution in [2.75, 3.05) is 50.1 Å². The quantitative estimate of drug-likeness (QED) is 0.398. The second kappa shape index (κ2) is 11.8. The van der Waals surface area contributed by atoms with Gasteiger partial charge in [-0.3, -0.25) is 14.7 Å². The standard InChI is InChI=1S/C26H26BrN5O3/c1-2-35-24-15-22-21(14-23(24)31-25(33)7-4-8-32-9-11-34-12-10-32)26(18(16-28)17-29-22)30-20-6-3-5-19(27)13-20/h3-7,13-15,17H,2,8-12H2,1H3,(H,29,30)(H,31,33)/b7-4+. The molecule has 0 unspecified atom stereocenters. The van der Waals surface area contributed by atoms with Crippen molar-refractivity contribution < 1.29 is 14.3 Å². The largest absolute Gasteiger partial charge is 0.492 e. The fourth-order valence-corrected chi connectivity index (χ4v) is 4.19. The highest BCUT2D eigenvalue weighted by Crippen LogP contribution is 2.36. The van der Waals surface area contributed by atoms with Crippen LogP contribution < -0.4 is 15.4 Å². The lowest BCUT2D eigenvalue weighted by molar-refractivity contribution is -0.111. The number of halogens is 1. The number of carbonyl (C=O) groups excluding carboxylic acids is 1. The molecule has 1 aliphatic rings. The molecule has 1 fully saturated rings. The summed E-state index contributed by atoms with van der Waals surface area (Å²) in [5, 5.41) is 16.7. The topological polar surface area (TPSA) is 99.5 Å². The average Bonchev–Trinajstić information content (AvgIpc) is 2.86. The fourth-order valence-electron chi connectivity index (χ4n) is 3.79. The van der Waals surface area contributed by atoms with Crippen LogP contribution in [0.2, 0.25) is 0 Å². The summed E-state index contributed by atoms with van der Waals surface area (Å²) >= 11 is 3.48. The number of pyridine rings is 1. The van der Waals surface area contributed by atoms with E-state index in [1.54, 1.807) is 12.1 Å². The minimum atomic E-state index is -0.260. The van der Waals surface area contributed by atoms with Crippen molar-refractivity contribution in [3.05, 3.63) is 64.8 Å². The lowest BCUT2D eigenvalue weighted by Crippen LogP contribution is -2.36. The van der Waals surface area contributed by atoms with Crippen molar-refractivity contribution in [3.63, 3.8) is 0 Å². The van der Waals surface area contributed by atoms with Crippen LogP contribution in [0.3, 0.4) is 0 Å². The number of fused-ring (bicyclic) bond motifs is 1. The van der Waals surface area contributed by atoms with Gasteiger partial charge in [-0.2, -0.15) is 5.26 Å². The maximum absolute atomic E-state index is 12.7. The molecule has 0 aliphatic carbocycles. The molecule has 0 saturated carbocycles. The van der Waals surface area contributed by atoms with Gasteiger partial charge in [0.05, 0.1) is 42.3 Å². The summed E-state index contributed by atoms with van der Waals surface area (Å²) in [6.45, 7) is 6.13. The Kier molecular flexibility index (Phi) is 8.32. The van der Waals surface area contributed by atoms with Gasteiger partial charge in [0.25, 0.3) is 0 Å². The van der Waals surface area contributed by atoms with Gasteiger partial charge < -0.3 is 20.1 Å². The molecule has 1 amide bonds. The van der Waals surface area contributed by atoms with Crippen molar-refractivity contribution in [2.45, 2.75) is 6.92 Å². The number of carbonyl (C=O) groups is 1. The number of amides is 1. The van der Waals surface area contributed by atoms with E-state index in [-0.39, 0.29) is 5.91 Å². The van der Waals surface area contributed by atoms with E-state index in [0.717, 1.165) is 23.2 Å². The highest BCUT2D eigenvalue weighted by Gasteiger charge is 2.15. The third kappa shape index (κ3) is 6.36. The Hall–Kier alpha value is -3.45. The van der Waals surface area contributed by atoms with Crippen LogP contribution in [-0.2, 0) is 9.53 Å². The predicted octanol–water partition coefficient (Wildman–Crippen LogP) is 4.84. The van der Waals surface area contributed by atoms with E-state index in [2.05, 4.69) is 42.5 Å². The Labute approximate surface area is 212 Å². The molecule has 0 spiro atoms. The number of nitriles is 1. The van der Waals surface area contributed by atoms with Gasteiger partial charge in [0.2, 0.25) is 5.91 Å². The molecule has 8 nitrogen and oxygen atoms in total. The Morgan fingerprint density at radius 1 is 1.31 bits per heavy atom. The zero-order valence-electron chi connectivity index (χ0n) is 19.4. The summed E-state index contributed by atoms with van der Waals surface area (Å²) in [5.74, 6) is 0.255. The molecular weight excluding hydrogens is 510 g/mol. The zero-order valence-corrected chi connectivity index (χ0v) is 21.0. The van der Waals surface area contributed by atoms with Gasteiger partial charge in [-0.1, -0.05) is 28.1 Å². The number of ether oxygens (including phenoxy) is 2. The van der Waals surface area contributed by atoms with Gasteiger partial charge >= 0.3 is 0 Å². The molecule has 0 atom stereocenters. The number of hydrogen-bond donors (Lipinski definition) is 2. The maximum atomic E-state index is 12.7. The molecule has 9 heteroatoms. The number of benzene rings is 2. The smallest absolute Gasteiger partial charge is 0.248 e. The highest BCUT2D eigenvalue weighted by molar-refractivity contribution is 9.10. The van der Waals surface area contributed by atoms with Crippen molar-refractivity contribution in [2.24, 2.45) is 0 Å². The second-order valence-electron chi connectivity index (χ2n) is 7.90. The molecule has 1 aliphatic heterocycles. The van der Waals surface area contributed by atoms with Gasteiger partial charge in [0.15, 0.2) is 0 Å². The molecular formula is C26H26BrN5O3. The minimum Gasteiger partial charge on any atom is -0.492 e. The number of nitrogens with zero attached hydrogens (tertiary/aromatic N) is 3. The Morgan fingerprint density at radius 2 is 2.14 bits per heavy atom. The van der Waals surface area contributed by atoms with Gasteiger partial charge in [0.1, 0.15) is 11.8 Å². The minimum absolute atomic E-state index is 0.260. The number of hydrogen-bond acceptors (Lipinski definition) is 7. The Bertz CT molecular complexity index is 1280. The molecule has 3 aromatic rings. The third-order valence-electron chi connectivity index (χ3n) is 5.48. The van der Waals surface area contributed by atoms with E-state index in [9.17, 15) is 10.1 Å². The normalized spacial score (nSPS) is 14.1.